The van der Waals surface area contributed by atoms with Crippen LogP contribution in [-0.4, -0.2) is 17.1 Å². The third kappa shape index (κ3) is 3.58. The molecule has 0 aliphatic rings. The Morgan fingerprint density at radius 1 is 1.30 bits per heavy atom. The van der Waals surface area contributed by atoms with E-state index in [-0.39, 0.29) is 0 Å². The molecular weight excluding hydrogens is 296 g/mol. The van der Waals surface area contributed by atoms with Crippen LogP contribution in [0.25, 0.3) is 0 Å². The highest BCUT2D eigenvalue weighted by atomic mass is 32.1. The van der Waals surface area contributed by atoms with E-state index in [1.807, 2.05) is 18.4 Å². The van der Waals surface area contributed by atoms with Crippen LogP contribution < -0.4 is 10.6 Å². The number of carbonyl (C=O) groups is 2. The smallest absolute Gasteiger partial charge is 0.331 e. The molecule has 5 nitrogen and oxygen atoms in total. The van der Waals surface area contributed by atoms with Crippen molar-refractivity contribution in [1.82, 2.24) is 10.6 Å². The van der Waals surface area contributed by atoms with E-state index in [1.54, 1.807) is 28.8 Å². The van der Waals surface area contributed by atoms with Gasteiger partial charge in [0.2, 0.25) is 0 Å². The molecule has 0 aromatic carbocycles. The molecule has 0 saturated heterocycles. The highest BCUT2D eigenvalue weighted by Crippen LogP contribution is 2.19. The minimum Gasteiger partial charge on any atom is -0.479 e. The van der Waals surface area contributed by atoms with E-state index in [1.165, 1.54) is 11.3 Å². The first-order valence-electron chi connectivity index (χ1n) is 5.91. The quantitative estimate of drug-likeness (QED) is 0.794. The summed E-state index contributed by atoms with van der Waals surface area (Å²) in [5.41, 5.74) is 1.11. The normalized spacial score (nSPS) is 11.8. The number of amides is 2. The van der Waals surface area contributed by atoms with Gasteiger partial charge in [-0.1, -0.05) is 6.07 Å². The van der Waals surface area contributed by atoms with Crippen molar-refractivity contribution < 1.29 is 14.7 Å². The molecule has 2 heterocycles. The van der Waals surface area contributed by atoms with Crippen LogP contribution in [0.15, 0.2) is 29.0 Å². The van der Waals surface area contributed by atoms with E-state index in [9.17, 15) is 9.59 Å². The first-order valence-corrected chi connectivity index (χ1v) is 7.67. The Morgan fingerprint density at radius 2 is 2.10 bits per heavy atom. The van der Waals surface area contributed by atoms with Crippen molar-refractivity contribution in [2.75, 3.05) is 0 Å². The number of carbonyl (C=O) groups excluding carboxylic acids is 1. The number of hydrogen-bond acceptors (Lipinski definition) is 4. The van der Waals surface area contributed by atoms with Gasteiger partial charge < -0.3 is 15.7 Å². The molecule has 106 valence electrons. The van der Waals surface area contributed by atoms with Gasteiger partial charge in [-0.15, -0.1) is 22.7 Å². The Balaban J connectivity index is 1.92. The Kier molecular flexibility index (Phi) is 4.75. The summed E-state index contributed by atoms with van der Waals surface area (Å²) in [5, 5.41) is 18.0. The van der Waals surface area contributed by atoms with E-state index in [4.69, 9.17) is 5.11 Å². The van der Waals surface area contributed by atoms with E-state index in [0.29, 0.717) is 11.4 Å². The number of carboxylic acid groups (broad SMARTS) is 1. The van der Waals surface area contributed by atoms with Crippen LogP contribution in [0.1, 0.15) is 21.4 Å². The molecule has 0 aliphatic heterocycles. The molecular formula is C13H14N2O3S2. The van der Waals surface area contributed by atoms with Crippen LogP contribution in [0.2, 0.25) is 0 Å². The van der Waals surface area contributed by atoms with Gasteiger partial charge in [0.05, 0.1) is 6.54 Å². The zero-order valence-electron chi connectivity index (χ0n) is 10.8. The highest BCUT2D eigenvalue weighted by molar-refractivity contribution is 7.10. The lowest BCUT2D eigenvalue weighted by atomic mass is 10.2. The molecule has 1 atom stereocenters. The molecule has 0 bridgehead atoms. The van der Waals surface area contributed by atoms with Gasteiger partial charge in [-0.05, 0) is 35.4 Å². The molecule has 3 N–H and O–H groups in total. The zero-order valence-corrected chi connectivity index (χ0v) is 12.4. The van der Waals surface area contributed by atoms with Gasteiger partial charge >= 0.3 is 12.0 Å². The Bertz CT molecular complexity index is 593. The van der Waals surface area contributed by atoms with Gasteiger partial charge in [0.1, 0.15) is 0 Å². The van der Waals surface area contributed by atoms with E-state index < -0.39 is 18.0 Å². The molecule has 2 aromatic rings. The maximum Gasteiger partial charge on any atom is 0.331 e. The van der Waals surface area contributed by atoms with Gasteiger partial charge in [-0.25, -0.2) is 9.59 Å². The average Bonchev–Trinajstić information content (AvgIpc) is 3.04. The molecule has 0 fully saturated rings. The summed E-state index contributed by atoms with van der Waals surface area (Å²) in [4.78, 5) is 24.6. The van der Waals surface area contributed by atoms with Gasteiger partial charge in [-0.3, -0.25) is 0 Å². The summed E-state index contributed by atoms with van der Waals surface area (Å²) in [6, 6.07) is 3.92. The highest BCUT2D eigenvalue weighted by Gasteiger charge is 2.22. The third-order valence-electron chi connectivity index (χ3n) is 2.73. The molecule has 0 saturated carbocycles. The van der Waals surface area contributed by atoms with Crippen molar-refractivity contribution in [3.63, 3.8) is 0 Å². The van der Waals surface area contributed by atoms with Gasteiger partial charge in [0.15, 0.2) is 6.04 Å². The van der Waals surface area contributed by atoms with Crippen LogP contribution in [0.4, 0.5) is 4.79 Å². The summed E-state index contributed by atoms with van der Waals surface area (Å²) in [6.45, 7) is 2.36. The van der Waals surface area contributed by atoms with E-state index in [0.717, 1.165) is 10.4 Å². The maximum atomic E-state index is 11.8. The summed E-state index contributed by atoms with van der Waals surface area (Å²) in [5.74, 6) is -1.07. The fraction of sp³-hybridized carbons (Fsp3) is 0.231. The van der Waals surface area contributed by atoms with Crippen molar-refractivity contribution in [2.24, 2.45) is 0 Å². The van der Waals surface area contributed by atoms with Crippen molar-refractivity contribution >= 4 is 34.7 Å². The zero-order chi connectivity index (χ0) is 14.5. The molecule has 2 rings (SSSR count). The average molecular weight is 310 g/mol. The number of carboxylic acids is 1. The fourth-order valence-corrected chi connectivity index (χ4v) is 3.25. The minimum absolute atomic E-state index is 0.395. The first-order chi connectivity index (χ1) is 9.58. The lowest BCUT2D eigenvalue weighted by Gasteiger charge is -2.13. The monoisotopic (exact) mass is 310 g/mol. The van der Waals surface area contributed by atoms with Gasteiger partial charge in [-0.2, -0.15) is 0 Å². The third-order valence-corrected chi connectivity index (χ3v) is 4.69. The lowest BCUT2D eigenvalue weighted by Crippen LogP contribution is -2.40. The van der Waals surface area contributed by atoms with Gasteiger partial charge in [0, 0.05) is 9.75 Å². The molecule has 0 radical (unpaired) electrons. The van der Waals surface area contributed by atoms with E-state index >= 15 is 0 Å². The number of aryl methyl sites for hydroxylation is 1. The Hall–Kier alpha value is -1.86. The molecule has 2 aromatic heterocycles. The second-order valence-electron chi connectivity index (χ2n) is 4.14. The van der Waals surface area contributed by atoms with Crippen LogP contribution in [0, 0.1) is 6.92 Å². The molecule has 20 heavy (non-hydrogen) atoms. The molecule has 0 aliphatic carbocycles. The molecule has 1 unspecified atom stereocenters. The van der Waals surface area contributed by atoms with Crippen molar-refractivity contribution in [2.45, 2.75) is 19.5 Å². The maximum absolute atomic E-state index is 11.8. The molecule has 7 heteroatoms. The number of hydrogen-bond donors (Lipinski definition) is 3. The van der Waals surface area contributed by atoms with Crippen LogP contribution >= 0.6 is 22.7 Å². The lowest BCUT2D eigenvalue weighted by molar-refractivity contribution is -0.139. The van der Waals surface area contributed by atoms with Crippen LogP contribution in [0.5, 0.6) is 0 Å². The summed E-state index contributed by atoms with van der Waals surface area (Å²) in [6.07, 6.45) is 0. The standard InChI is InChI=1S/C13H14N2O3S2/c1-8-4-6-20-10(8)7-14-13(18)15-11(12(16)17)9-3-2-5-19-9/h2-6,11H,7H2,1H3,(H,16,17)(H2,14,15,18). The van der Waals surface area contributed by atoms with Gasteiger partial charge in [0.25, 0.3) is 0 Å². The SMILES string of the molecule is Cc1ccsc1CNC(=O)NC(C(=O)O)c1cccs1. The topological polar surface area (TPSA) is 78.4 Å². The Morgan fingerprint density at radius 3 is 2.65 bits per heavy atom. The second-order valence-corrected chi connectivity index (χ2v) is 6.12. The fourth-order valence-electron chi connectivity index (χ4n) is 1.64. The summed E-state index contributed by atoms with van der Waals surface area (Å²) in [7, 11) is 0. The van der Waals surface area contributed by atoms with Crippen LogP contribution in [0.3, 0.4) is 0 Å². The summed E-state index contributed by atoms with van der Waals surface area (Å²) < 4.78 is 0. The van der Waals surface area contributed by atoms with Crippen molar-refractivity contribution in [3.8, 4) is 0 Å². The Labute approximate surface area is 124 Å². The number of urea groups is 1. The number of aliphatic carboxylic acids is 1. The predicted octanol–water partition coefficient (Wildman–Crippen LogP) is 2.74. The number of nitrogens with one attached hydrogen (secondary N) is 2. The second kappa shape index (κ2) is 6.53. The predicted molar refractivity (Wildman–Crippen MR) is 79.1 cm³/mol. The van der Waals surface area contributed by atoms with E-state index in [2.05, 4.69) is 10.6 Å². The largest absolute Gasteiger partial charge is 0.479 e. The first kappa shape index (κ1) is 14.5. The van der Waals surface area contributed by atoms with Crippen molar-refractivity contribution in [1.29, 1.82) is 0 Å². The van der Waals surface area contributed by atoms with Crippen LogP contribution in [-0.2, 0) is 11.3 Å². The minimum atomic E-state index is -1.07. The number of rotatable bonds is 5. The molecule has 2 amide bonds. The molecule has 0 spiro atoms. The summed E-state index contributed by atoms with van der Waals surface area (Å²) >= 11 is 2.86. The van der Waals surface area contributed by atoms with Crippen molar-refractivity contribution in [3.05, 3.63) is 44.3 Å². The number of thiophene rings is 2.